The van der Waals surface area contributed by atoms with E-state index >= 15 is 0 Å². The largest absolute Gasteiger partial charge is 0.242 e. The van der Waals surface area contributed by atoms with Gasteiger partial charge in [-0.1, -0.05) is 77.6 Å². The van der Waals surface area contributed by atoms with Crippen molar-refractivity contribution in [3.63, 3.8) is 0 Å². The Morgan fingerprint density at radius 3 is 1.53 bits per heavy atom. The summed E-state index contributed by atoms with van der Waals surface area (Å²) in [5.74, 6) is 0. The van der Waals surface area contributed by atoms with Gasteiger partial charge in [0.2, 0.25) is 0 Å². The van der Waals surface area contributed by atoms with E-state index in [1.807, 2.05) is 0 Å². The third kappa shape index (κ3) is 15.4. The molecule has 0 bridgehead atoms. The maximum atomic E-state index is 6.64. The third-order valence-corrected chi connectivity index (χ3v) is 3.20. The monoisotopic (exact) mass is 238 g/mol. The van der Waals surface area contributed by atoms with Crippen LogP contribution >= 0.6 is 0 Å². The van der Waals surface area contributed by atoms with Crippen LogP contribution in [0.4, 0.5) is 0 Å². The molecule has 0 aliphatic rings. The van der Waals surface area contributed by atoms with Crippen molar-refractivity contribution in [2.45, 2.75) is 84.0 Å². The van der Waals surface area contributed by atoms with Crippen LogP contribution in [0.15, 0.2) is 4.99 Å². The zero-order valence-electron chi connectivity index (χ0n) is 11.6. The Bertz CT molecular complexity index is 183. The normalized spacial score (nSPS) is 10.2. The predicted octanol–water partition coefficient (Wildman–Crippen LogP) is 5.44. The van der Waals surface area contributed by atoms with Gasteiger partial charge in [0.05, 0.1) is 6.01 Å². The fraction of sp³-hybridized carbons (Fsp3) is 0.933. The van der Waals surface area contributed by atoms with Crippen LogP contribution in [0.25, 0.3) is 0 Å². The summed E-state index contributed by atoms with van der Waals surface area (Å²) in [5.41, 5.74) is 0. The molecule has 0 aromatic carbocycles. The molecule has 0 saturated heterocycles. The molecule has 0 aliphatic heterocycles. The minimum Gasteiger partial charge on any atom is -0.242 e. The molecule has 0 heterocycles. The lowest BCUT2D eigenvalue weighted by Gasteiger charge is -2.01. The highest BCUT2D eigenvalue weighted by Crippen LogP contribution is 2.11. The highest BCUT2D eigenvalue weighted by molar-refractivity contribution is 5.35. The van der Waals surface area contributed by atoms with E-state index in [2.05, 4.69) is 17.9 Å². The van der Waals surface area contributed by atoms with Gasteiger partial charge in [0.15, 0.2) is 0 Å². The molecule has 0 fully saturated rings. The minimum atomic E-state index is 0.793. The van der Waals surface area contributed by atoms with Gasteiger partial charge in [-0.15, -0.1) is 0 Å². The van der Waals surface area contributed by atoms with Gasteiger partial charge in [-0.05, 0) is 6.42 Å². The van der Waals surface area contributed by atoms with Crippen molar-refractivity contribution in [2.24, 2.45) is 4.99 Å². The molecule has 0 aromatic heterocycles. The zero-order valence-corrected chi connectivity index (χ0v) is 11.6. The van der Waals surface area contributed by atoms with Crippen LogP contribution in [0, 0.1) is 5.41 Å². The molecule has 2 heteroatoms. The van der Waals surface area contributed by atoms with Crippen LogP contribution in [0.1, 0.15) is 84.0 Å². The van der Waals surface area contributed by atoms with Gasteiger partial charge in [0.25, 0.3) is 0 Å². The van der Waals surface area contributed by atoms with Crippen LogP contribution in [0.3, 0.4) is 0 Å². The number of aliphatic imine (C=N–C) groups is 1. The number of nitrogens with one attached hydrogen (secondary N) is 1. The second kappa shape index (κ2) is 15.4. The summed E-state index contributed by atoms with van der Waals surface area (Å²) < 4.78 is 0. The molecule has 100 valence electrons. The molecule has 0 amide bonds. The molecule has 0 aliphatic carbocycles. The smallest absolute Gasteiger partial charge is 0.0861 e. The Hall–Kier alpha value is -0.620. The van der Waals surface area contributed by atoms with E-state index in [0.717, 1.165) is 13.0 Å². The Morgan fingerprint density at radius 2 is 1.12 bits per heavy atom. The molecule has 0 radical (unpaired) electrons. The quantitative estimate of drug-likeness (QED) is 0.327. The Morgan fingerprint density at radius 1 is 0.706 bits per heavy atom. The van der Waals surface area contributed by atoms with E-state index < -0.39 is 0 Å². The van der Waals surface area contributed by atoms with Crippen molar-refractivity contribution in [3.05, 3.63) is 0 Å². The van der Waals surface area contributed by atoms with Gasteiger partial charge in [-0.2, -0.15) is 0 Å². The fourth-order valence-corrected chi connectivity index (χ4v) is 2.09. The summed E-state index contributed by atoms with van der Waals surface area (Å²) >= 11 is 0. The molecule has 1 N–H and O–H groups in total. The molecule has 0 rings (SSSR count). The lowest BCUT2D eigenvalue weighted by Crippen LogP contribution is -1.84. The predicted molar refractivity (Wildman–Crippen MR) is 76.1 cm³/mol. The average Bonchev–Trinajstić information content (AvgIpc) is 2.35. The molecule has 0 spiro atoms. The van der Waals surface area contributed by atoms with E-state index in [-0.39, 0.29) is 0 Å². The van der Waals surface area contributed by atoms with Crippen molar-refractivity contribution < 1.29 is 0 Å². The number of unbranched alkanes of at least 4 members (excludes halogenated alkanes) is 11. The first-order valence-corrected chi connectivity index (χ1v) is 7.50. The first-order chi connectivity index (χ1) is 8.41. The number of rotatable bonds is 13. The second-order valence-electron chi connectivity index (χ2n) is 4.88. The van der Waals surface area contributed by atoms with E-state index in [9.17, 15) is 0 Å². The van der Waals surface area contributed by atoms with Crippen LogP contribution in [0.2, 0.25) is 0 Å². The van der Waals surface area contributed by atoms with Gasteiger partial charge >= 0.3 is 0 Å². The summed E-state index contributed by atoms with van der Waals surface area (Å²) in [6.45, 7) is 3.06. The Balaban J connectivity index is 2.91. The summed E-state index contributed by atoms with van der Waals surface area (Å²) in [6.07, 6.45) is 16.4. The van der Waals surface area contributed by atoms with Gasteiger partial charge in [0, 0.05) is 6.54 Å². The lowest BCUT2D eigenvalue weighted by atomic mass is 10.1. The van der Waals surface area contributed by atoms with Gasteiger partial charge in [-0.25, -0.2) is 10.4 Å². The Labute approximate surface area is 107 Å². The highest BCUT2D eigenvalue weighted by Gasteiger charge is 1.92. The van der Waals surface area contributed by atoms with Gasteiger partial charge < -0.3 is 0 Å². The second-order valence-corrected chi connectivity index (χ2v) is 4.88. The van der Waals surface area contributed by atoms with Crippen molar-refractivity contribution >= 4 is 6.01 Å². The van der Waals surface area contributed by atoms with E-state index in [1.165, 1.54) is 70.6 Å². The molecule has 17 heavy (non-hydrogen) atoms. The topological polar surface area (TPSA) is 36.2 Å². The molecular formula is C15H30N2. The van der Waals surface area contributed by atoms with Gasteiger partial charge in [0.1, 0.15) is 0 Å². The SMILES string of the molecule is CCCCCCCCCCCCCCN=C=N. The molecule has 0 atom stereocenters. The molecule has 2 nitrogen and oxygen atoms in total. The van der Waals surface area contributed by atoms with Crippen LogP contribution in [0.5, 0.6) is 0 Å². The van der Waals surface area contributed by atoms with E-state index in [4.69, 9.17) is 5.41 Å². The fourth-order valence-electron chi connectivity index (χ4n) is 2.09. The molecule has 0 unspecified atom stereocenters. The average molecular weight is 238 g/mol. The van der Waals surface area contributed by atoms with Crippen molar-refractivity contribution in [2.75, 3.05) is 6.54 Å². The van der Waals surface area contributed by atoms with E-state index in [0.29, 0.717) is 0 Å². The van der Waals surface area contributed by atoms with Crippen molar-refractivity contribution in [1.82, 2.24) is 0 Å². The molecule has 0 aromatic rings. The summed E-state index contributed by atoms with van der Waals surface area (Å²) in [5, 5.41) is 6.64. The van der Waals surface area contributed by atoms with E-state index in [1.54, 1.807) is 0 Å². The molecular weight excluding hydrogens is 208 g/mol. The first kappa shape index (κ1) is 16.4. The summed E-state index contributed by atoms with van der Waals surface area (Å²) in [6, 6.07) is 2.08. The summed E-state index contributed by atoms with van der Waals surface area (Å²) in [7, 11) is 0. The van der Waals surface area contributed by atoms with Crippen LogP contribution < -0.4 is 0 Å². The third-order valence-electron chi connectivity index (χ3n) is 3.20. The lowest BCUT2D eigenvalue weighted by molar-refractivity contribution is 0.545. The zero-order chi connectivity index (χ0) is 12.6. The Kier molecular flexibility index (Phi) is 14.8. The number of hydrogen-bond donors (Lipinski definition) is 1. The molecule has 0 saturated carbocycles. The van der Waals surface area contributed by atoms with Crippen LogP contribution in [-0.4, -0.2) is 12.6 Å². The number of nitrogens with zero attached hydrogens (tertiary/aromatic N) is 1. The first-order valence-electron chi connectivity index (χ1n) is 7.50. The van der Waals surface area contributed by atoms with Crippen molar-refractivity contribution in [3.8, 4) is 0 Å². The highest BCUT2D eigenvalue weighted by atomic mass is 14.7. The summed E-state index contributed by atoms with van der Waals surface area (Å²) in [4.78, 5) is 3.77. The van der Waals surface area contributed by atoms with Crippen molar-refractivity contribution in [1.29, 1.82) is 5.41 Å². The maximum absolute atomic E-state index is 6.64. The minimum absolute atomic E-state index is 0.793. The standard InChI is InChI=1S/C15H30N2/c1-2-3-4-5-6-7-8-9-10-11-12-13-14-17-15-16/h16H,2-14H2,1H3. The maximum Gasteiger partial charge on any atom is 0.0861 e. The van der Waals surface area contributed by atoms with Crippen LogP contribution in [-0.2, 0) is 0 Å². The van der Waals surface area contributed by atoms with Gasteiger partial charge in [-0.3, -0.25) is 0 Å². The number of hydrogen-bond acceptors (Lipinski definition) is 2.